The minimum absolute atomic E-state index is 0. The molecule has 2 atom stereocenters. The van der Waals surface area contributed by atoms with E-state index in [9.17, 15) is 0 Å². The van der Waals surface area contributed by atoms with Crippen molar-refractivity contribution in [2.75, 3.05) is 0 Å². The first kappa shape index (κ1) is 27.0. The molecule has 2 aliphatic carbocycles. The van der Waals surface area contributed by atoms with Crippen LogP contribution in [0.1, 0.15) is 40.8 Å². The van der Waals surface area contributed by atoms with Crippen LogP contribution in [-0.2, 0) is 40.3 Å². The van der Waals surface area contributed by atoms with Crippen molar-refractivity contribution in [1.82, 2.24) is 9.13 Å². The Kier molecular flexibility index (Phi) is 7.01. The first-order chi connectivity index (χ1) is 17.2. The normalized spacial score (nSPS) is 16.2. The second-order valence-corrected chi connectivity index (χ2v) is 10.0. The van der Waals surface area contributed by atoms with Gasteiger partial charge in [0.15, 0.2) is 0 Å². The van der Waals surface area contributed by atoms with Crippen molar-refractivity contribution in [2.24, 2.45) is 14.1 Å². The molecule has 5 heteroatoms. The van der Waals surface area contributed by atoms with Gasteiger partial charge in [-0.05, 0) is 40.0 Å². The predicted molar refractivity (Wildman–Crippen MR) is 143 cm³/mol. The van der Waals surface area contributed by atoms with Gasteiger partial charge in [-0.15, -0.1) is 59.3 Å². The van der Waals surface area contributed by atoms with Gasteiger partial charge in [0.1, 0.15) is 0 Å². The molecule has 8 rings (SSSR count). The molecule has 2 aliphatic rings. The summed E-state index contributed by atoms with van der Waals surface area (Å²) in [6.45, 7) is 0. The molecule has 2 nitrogen and oxygen atoms in total. The van der Waals surface area contributed by atoms with Gasteiger partial charge < -0.3 is 33.9 Å². The van der Waals surface area contributed by atoms with E-state index in [1.54, 1.807) is 0 Å². The summed E-state index contributed by atoms with van der Waals surface area (Å²) in [6.07, 6.45) is 1.04. The third-order valence-electron chi connectivity index (χ3n) is 8.47. The van der Waals surface area contributed by atoms with E-state index in [4.69, 9.17) is 0 Å². The molecule has 184 valence electrons. The first-order valence-electron chi connectivity index (χ1n) is 12.4. The zero-order chi connectivity index (χ0) is 23.3. The summed E-state index contributed by atoms with van der Waals surface area (Å²) in [5.74, 6) is 0.663. The van der Waals surface area contributed by atoms with Crippen molar-refractivity contribution >= 4 is 21.8 Å². The van der Waals surface area contributed by atoms with Crippen molar-refractivity contribution in [2.45, 2.75) is 18.3 Å². The molecule has 0 fully saturated rings. The van der Waals surface area contributed by atoms with Crippen LogP contribution >= 0.6 is 0 Å². The largest absolute Gasteiger partial charge is 4.00 e. The van der Waals surface area contributed by atoms with Gasteiger partial charge in [0, 0.05) is 25.9 Å². The van der Waals surface area contributed by atoms with Crippen molar-refractivity contribution in [1.29, 1.82) is 0 Å². The molecule has 0 spiro atoms. The monoisotopic (exact) mass is 608 g/mol. The number of benzene rings is 4. The topological polar surface area (TPSA) is 9.86 Å². The van der Waals surface area contributed by atoms with Crippen LogP contribution in [0.2, 0.25) is 0 Å². The quantitative estimate of drug-likeness (QED) is 0.264. The molecule has 2 unspecified atom stereocenters. The number of aryl methyl sites for hydroxylation is 2. The molecular weight excluding hydrogens is 587 g/mol. The van der Waals surface area contributed by atoms with Crippen LogP contribution in [0.3, 0.4) is 0 Å². The maximum absolute atomic E-state index is 3.56. The zero-order valence-electron chi connectivity index (χ0n) is 21.1. The SMILES string of the molecule is Cn1c2c(c3[c-]cccc31)-c1ccccc1C2CC1c2ccccc2-c2c1n(C)c1ccc[c-]c21.[Cl-].[Cl-].[Zr+4]. The fourth-order valence-electron chi connectivity index (χ4n) is 7.09. The summed E-state index contributed by atoms with van der Waals surface area (Å²) < 4.78 is 4.84. The number of nitrogens with zero attached hydrogens (tertiary/aromatic N) is 2. The second kappa shape index (κ2) is 9.87. The molecule has 0 radical (unpaired) electrons. The molecule has 0 saturated heterocycles. The zero-order valence-corrected chi connectivity index (χ0v) is 25.1. The Bertz CT molecular complexity index is 1700. The van der Waals surface area contributed by atoms with Gasteiger partial charge in [-0.25, -0.2) is 0 Å². The Morgan fingerprint density at radius 3 is 1.47 bits per heavy atom. The summed E-state index contributed by atoms with van der Waals surface area (Å²) in [6, 6.07) is 37.9. The van der Waals surface area contributed by atoms with Crippen molar-refractivity contribution < 1.29 is 51.0 Å². The van der Waals surface area contributed by atoms with Crippen LogP contribution in [0.25, 0.3) is 44.1 Å². The van der Waals surface area contributed by atoms with Crippen molar-refractivity contribution in [3.05, 3.63) is 120 Å². The standard InChI is InChI=1S/C33H24N2.2ClH.Zr/c1-34-28-17-9-7-15-24(28)30-22-13-5-3-11-20(22)26(32(30)34)19-27-21-12-4-6-14-23(21)31-25-16-8-10-18-29(25)35(2)33(27)31;;;/h3-14,17-18,26-27H,19H2,1-2H3;2*1H;/q-2;;;+4/p-2. The molecule has 0 bridgehead atoms. The fraction of sp³-hybridized carbons (Fsp3) is 0.152. The van der Waals surface area contributed by atoms with Gasteiger partial charge in [0.05, 0.1) is 0 Å². The first-order valence-corrected chi connectivity index (χ1v) is 12.4. The van der Waals surface area contributed by atoms with Gasteiger partial charge in [-0.3, -0.25) is 0 Å². The maximum atomic E-state index is 3.56. The van der Waals surface area contributed by atoms with Gasteiger partial charge >= 0.3 is 26.2 Å². The van der Waals surface area contributed by atoms with Crippen molar-refractivity contribution in [3.63, 3.8) is 0 Å². The van der Waals surface area contributed by atoms with E-state index in [0.29, 0.717) is 11.8 Å². The molecule has 38 heavy (non-hydrogen) atoms. The molecule has 6 aromatic rings. The smallest absolute Gasteiger partial charge is 1.00 e. The minimum atomic E-state index is 0. The van der Waals surface area contributed by atoms with E-state index in [-0.39, 0.29) is 51.0 Å². The van der Waals surface area contributed by atoms with Gasteiger partial charge in [-0.2, -0.15) is 0 Å². The summed E-state index contributed by atoms with van der Waals surface area (Å²) in [5, 5.41) is 2.48. The number of hydrogen-bond acceptors (Lipinski definition) is 0. The summed E-state index contributed by atoms with van der Waals surface area (Å²) >= 11 is 0. The van der Waals surface area contributed by atoms with Crippen LogP contribution in [0.15, 0.2) is 84.9 Å². The number of halogens is 2. The van der Waals surface area contributed by atoms with Gasteiger partial charge in [-0.1, -0.05) is 70.8 Å². The Hall–Kier alpha value is -2.58. The van der Waals surface area contributed by atoms with Crippen LogP contribution in [0.5, 0.6) is 0 Å². The number of rotatable bonds is 2. The van der Waals surface area contributed by atoms with Crippen LogP contribution < -0.4 is 24.8 Å². The molecule has 0 saturated carbocycles. The van der Waals surface area contributed by atoms with Crippen LogP contribution in [0, 0.1) is 12.1 Å². The molecule has 2 heterocycles. The van der Waals surface area contributed by atoms with E-state index in [1.807, 2.05) is 12.1 Å². The predicted octanol–water partition coefficient (Wildman–Crippen LogP) is 1.59. The average Bonchev–Trinajstić information content (AvgIpc) is 3.59. The van der Waals surface area contributed by atoms with Crippen LogP contribution in [-0.4, -0.2) is 9.13 Å². The number of fused-ring (bicyclic) bond motifs is 10. The molecular formula is C33H24Cl2N2Zr. The minimum Gasteiger partial charge on any atom is -1.00 e. The van der Waals surface area contributed by atoms with E-state index in [1.165, 1.54) is 66.6 Å². The molecule has 0 aliphatic heterocycles. The third kappa shape index (κ3) is 3.42. The molecule has 0 amide bonds. The maximum Gasteiger partial charge on any atom is 4.00 e. The Balaban J connectivity index is 0.000000980. The summed E-state index contributed by atoms with van der Waals surface area (Å²) in [5.41, 5.74) is 13.8. The molecule has 4 aromatic carbocycles. The molecule has 2 aromatic heterocycles. The van der Waals surface area contributed by atoms with E-state index >= 15 is 0 Å². The Morgan fingerprint density at radius 2 is 1.03 bits per heavy atom. The second-order valence-electron chi connectivity index (χ2n) is 10.0. The third-order valence-corrected chi connectivity index (χ3v) is 8.47. The van der Waals surface area contributed by atoms with Crippen molar-refractivity contribution in [3.8, 4) is 22.3 Å². The van der Waals surface area contributed by atoms with Crippen LogP contribution in [0.4, 0.5) is 0 Å². The van der Waals surface area contributed by atoms with E-state index < -0.39 is 0 Å². The Morgan fingerprint density at radius 1 is 0.605 bits per heavy atom. The summed E-state index contributed by atoms with van der Waals surface area (Å²) in [4.78, 5) is 0. The van der Waals surface area contributed by atoms with Gasteiger partial charge in [0.2, 0.25) is 0 Å². The van der Waals surface area contributed by atoms with E-state index in [2.05, 4.69) is 108 Å². The number of aromatic nitrogens is 2. The number of hydrogen-bond donors (Lipinski definition) is 0. The average molecular weight is 611 g/mol. The molecule has 0 N–H and O–H groups in total. The summed E-state index contributed by atoms with van der Waals surface area (Å²) in [7, 11) is 4.46. The fourth-order valence-corrected chi connectivity index (χ4v) is 7.09. The Labute approximate surface area is 254 Å². The van der Waals surface area contributed by atoms with Gasteiger partial charge in [0.25, 0.3) is 0 Å². The van der Waals surface area contributed by atoms with E-state index in [0.717, 1.165) is 6.42 Å².